The van der Waals surface area contributed by atoms with Gasteiger partial charge in [-0.25, -0.2) is 0 Å². The van der Waals surface area contributed by atoms with Crippen LogP contribution >= 0.6 is 24.4 Å². The maximum Gasteiger partial charge on any atom is 0.119 e. The standard InChI is InChI=1S/C12H16O2S2/c1-9(14-2)7-16-8-10-3-4-12(13)11(5-10)6-15/h3-5,13,15H,1,6-8H2,2H3. The molecule has 0 radical (unpaired) electrons. The van der Waals surface area contributed by atoms with Crippen LogP contribution in [0.15, 0.2) is 30.5 Å². The number of phenols is 1. The van der Waals surface area contributed by atoms with E-state index in [-0.39, 0.29) is 0 Å². The van der Waals surface area contributed by atoms with Gasteiger partial charge in [0, 0.05) is 17.1 Å². The number of hydrogen-bond donors (Lipinski definition) is 2. The molecule has 1 aromatic carbocycles. The lowest BCUT2D eigenvalue weighted by Gasteiger charge is -2.06. The van der Waals surface area contributed by atoms with Crippen LogP contribution < -0.4 is 0 Å². The Morgan fingerprint density at radius 3 is 2.94 bits per heavy atom. The van der Waals surface area contributed by atoms with E-state index < -0.39 is 0 Å². The summed E-state index contributed by atoms with van der Waals surface area (Å²) in [6.45, 7) is 3.76. The van der Waals surface area contributed by atoms with Crippen molar-refractivity contribution < 1.29 is 9.84 Å². The average Bonchev–Trinajstić information content (AvgIpc) is 2.31. The predicted molar refractivity (Wildman–Crippen MR) is 73.1 cm³/mol. The van der Waals surface area contributed by atoms with Crippen LogP contribution in [0.4, 0.5) is 0 Å². The highest BCUT2D eigenvalue weighted by atomic mass is 32.2. The zero-order valence-corrected chi connectivity index (χ0v) is 11.0. The summed E-state index contributed by atoms with van der Waals surface area (Å²) in [4.78, 5) is 0. The fourth-order valence-electron chi connectivity index (χ4n) is 1.20. The number of hydrogen-bond acceptors (Lipinski definition) is 4. The molecule has 0 amide bonds. The van der Waals surface area contributed by atoms with Crippen molar-refractivity contribution in [2.45, 2.75) is 11.5 Å². The minimum absolute atomic E-state index is 0.310. The Kier molecular flexibility index (Phi) is 5.63. The summed E-state index contributed by atoms with van der Waals surface area (Å²) in [6, 6.07) is 5.61. The van der Waals surface area contributed by atoms with Crippen molar-refractivity contribution in [2.75, 3.05) is 12.9 Å². The first-order valence-electron chi connectivity index (χ1n) is 4.88. The highest BCUT2D eigenvalue weighted by Gasteiger charge is 2.02. The van der Waals surface area contributed by atoms with Crippen LogP contribution in [0.25, 0.3) is 0 Å². The molecule has 2 nitrogen and oxygen atoms in total. The van der Waals surface area contributed by atoms with E-state index in [4.69, 9.17) is 4.74 Å². The summed E-state index contributed by atoms with van der Waals surface area (Å²) in [5.74, 6) is 3.30. The first kappa shape index (κ1) is 13.3. The summed E-state index contributed by atoms with van der Waals surface area (Å²) in [6.07, 6.45) is 0. The van der Waals surface area contributed by atoms with Crippen molar-refractivity contribution in [3.8, 4) is 5.75 Å². The number of rotatable bonds is 6. The first-order chi connectivity index (χ1) is 7.67. The Balaban J connectivity index is 2.51. The summed E-state index contributed by atoms with van der Waals surface area (Å²) >= 11 is 5.90. The smallest absolute Gasteiger partial charge is 0.119 e. The maximum absolute atomic E-state index is 9.50. The quantitative estimate of drug-likeness (QED) is 0.605. The average molecular weight is 256 g/mol. The van der Waals surface area contributed by atoms with Gasteiger partial charge in [-0.1, -0.05) is 18.7 Å². The van der Waals surface area contributed by atoms with E-state index in [1.165, 1.54) is 5.56 Å². The number of phenolic OH excluding ortho intramolecular Hbond substituents is 1. The molecule has 0 atom stereocenters. The first-order valence-corrected chi connectivity index (χ1v) is 6.67. The number of aromatic hydroxyl groups is 1. The molecule has 1 N–H and O–H groups in total. The van der Waals surface area contributed by atoms with Crippen LogP contribution in [0.1, 0.15) is 11.1 Å². The molecule has 0 saturated heterocycles. The lowest BCUT2D eigenvalue weighted by molar-refractivity contribution is 0.298. The summed E-state index contributed by atoms with van der Waals surface area (Å²) in [5.41, 5.74) is 2.04. The van der Waals surface area contributed by atoms with Crippen molar-refractivity contribution in [3.63, 3.8) is 0 Å². The number of ether oxygens (including phenoxy) is 1. The third kappa shape index (κ3) is 4.02. The molecule has 0 fully saturated rings. The van der Waals surface area contributed by atoms with E-state index in [0.29, 0.717) is 11.5 Å². The van der Waals surface area contributed by atoms with Crippen LogP contribution in [0.5, 0.6) is 5.75 Å². The normalized spacial score (nSPS) is 10.1. The third-order valence-electron chi connectivity index (χ3n) is 2.13. The molecule has 0 saturated carbocycles. The molecule has 4 heteroatoms. The van der Waals surface area contributed by atoms with Gasteiger partial charge in [-0.3, -0.25) is 0 Å². The SMILES string of the molecule is C=C(CSCc1ccc(O)c(CS)c1)OC. The topological polar surface area (TPSA) is 29.5 Å². The van der Waals surface area contributed by atoms with Gasteiger partial charge < -0.3 is 9.84 Å². The van der Waals surface area contributed by atoms with Gasteiger partial charge >= 0.3 is 0 Å². The zero-order valence-electron chi connectivity index (χ0n) is 9.27. The van der Waals surface area contributed by atoms with Crippen LogP contribution in [0, 0.1) is 0 Å². The van der Waals surface area contributed by atoms with Crippen molar-refractivity contribution in [3.05, 3.63) is 41.7 Å². The molecule has 0 bridgehead atoms. The molecule has 0 heterocycles. The molecule has 0 aliphatic carbocycles. The monoisotopic (exact) mass is 256 g/mol. The van der Waals surface area contributed by atoms with Gasteiger partial charge in [0.25, 0.3) is 0 Å². The van der Waals surface area contributed by atoms with Gasteiger partial charge in [-0.05, 0) is 11.6 Å². The zero-order chi connectivity index (χ0) is 12.0. The van der Waals surface area contributed by atoms with E-state index in [1.807, 2.05) is 12.1 Å². The lowest BCUT2D eigenvalue weighted by Crippen LogP contribution is -1.90. The molecule has 1 aromatic rings. The molecular formula is C12H16O2S2. The summed E-state index contributed by atoms with van der Waals surface area (Å²) < 4.78 is 4.98. The molecule has 1 rings (SSSR count). The number of thioether (sulfide) groups is 1. The molecule has 0 aliphatic heterocycles. The van der Waals surface area contributed by atoms with Crippen LogP contribution in [-0.2, 0) is 16.2 Å². The minimum Gasteiger partial charge on any atom is -0.508 e. The molecule has 0 aromatic heterocycles. The maximum atomic E-state index is 9.50. The van der Waals surface area contributed by atoms with Crippen LogP contribution in [-0.4, -0.2) is 18.0 Å². The van der Waals surface area contributed by atoms with Gasteiger partial charge in [0.2, 0.25) is 0 Å². The highest BCUT2D eigenvalue weighted by Crippen LogP contribution is 2.23. The Morgan fingerprint density at radius 1 is 1.56 bits per heavy atom. The molecule has 0 spiro atoms. The minimum atomic E-state index is 0.310. The second-order valence-electron chi connectivity index (χ2n) is 3.36. The summed E-state index contributed by atoms with van der Waals surface area (Å²) in [7, 11) is 1.63. The largest absolute Gasteiger partial charge is 0.508 e. The van der Waals surface area contributed by atoms with Crippen molar-refractivity contribution >= 4 is 24.4 Å². The van der Waals surface area contributed by atoms with E-state index in [1.54, 1.807) is 24.9 Å². The molecular weight excluding hydrogens is 240 g/mol. The van der Waals surface area contributed by atoms with Gasteiger partial charge in [0.1, 0.15) is 5.75 Å². The van der Waals surface area contributed by atoms with Crippen LogP contribution in [0.2, 0.25) is 0 Å². The van der Waals surface area contributed by atoms with E-state index in [0.717, 1.165) is 22.8 Å². The Morgan fingerprint density at radius 2 is 2.31 bits per heavy atom. The van der Waals surface area contributed by atoms with E-state index in [9.17, 15) is 5.11 Å². The van der Waals surface area contributed by atoms with E-state index >= 15 is 0 Å². The second-order valence-corrected chi connectivity index (χ2v) is 4.66. The molecule has 0 aliphatic rings. The fourth-order valence-corrected chi connectivity index (χ4v) is 2.31. The van der Waals surface area contributed by atoms with Crippen molar-refractivity contribution in [2.24, 2.45) is 0 Å². The molecule has 88 valence electrons. The van der Waals surface area contributed by atoms with Crippen molar-refractivity contribution in [1.82, 2.24) is 0 Å². The Hall–Kier alpha value is -0.740. The lowest BCUT2D eigenvalue weighted by atomic mass is 10.1. The van der Waals surface area contributed by atoms with Crippen molar-refractivity contribution in [1.29, 1.82) is 0 Å². The number of methoxy groups -OCH3 is 1. The predicted octanol–water partition coefficient (Wildman–Crippen LogP) is 3.22. The van der Waals surface area contributed by atoms with Gasteiger partial charge in [-0.2, -0.15) is 12.6 Å². The molecule has 0 unspecified atom stereocenters. The van der Waals surface area contributed by atoms with Gasteiger partial charge in [0.15, 0.2) is 0 Å². The number of benzene rings is 1. The third-order valence-corrected chi connectivity index (χ3v) is 3.54. The van der Waals surface area contributed by atoms with E-state index in [2.05, 4.69) is 19.2 Å². The number of thiol groups is 1. The Bertz CT molecular complexity index is 364. The van der Waals surface area contributed by atoms with Crippen LogP contribution in [0.3, 0.4) is 0 Å². The van der Waals surface area contributed by atoms with Gasteiger partial charge in [0.05, 0.1) is 18.6 Å². The fraction of sp³-hybridized carbons (Fsp3) is 0.333. The highest BCUT2D eigenvalue weighted by molar-refractivity contribution is 7.98. The second kappa shape index (κ2) is 6.76. The summed E-state index contributed by atoms with van der Waals surface area (Å²) in [5, 5.41) is 9.50. The molecule has 16 heavy (non-hydrogen) atoms. The van der Waals surface area contributed by atoms with Gasteiger partial charge in [-0.15, -0.1) is 11.8 Å². The Labute approximate surface area is 106 Å².